The number of halogens is 1. The summed E-state index contributed by atoms with van der Waals surface area (Å²) < 4.78 is 0. The van der Waals surface area contributed by atoms with Crippen molar-refractivity contribution < 1.29 is 4.79 Å². The van der Waals surface area contributed by atoms with Crippen LogP contribution in [0.3, 0.4) is 0 Å². The average Bonchev–Trinajstić information content (AvgIpc) is 2.74. The number of hydrogen-bond donors (Lipinski definition) is 2. The summed E-state index contributed by atoms with van der Waals surface area (Å²) in [5.41, 5.74) is 0.761. The Hall–Kier alpha value is -1.95. The van der Waals surface area contributed by atoms with Crippen molar-refractivity contribution in [2.75, 3.05) is 5.32 Å². The molecule has 0 atom stereocenters. The first-order valence-electron chi connectivity index (χ1n) is 4.04. The van der Waals surface area contributed by atoms with Gasteiger partial charge < -0.3 is 5.32 Å². The van der Waals surface area contributed by atoms with Gasteiger partial charge in [0.2, 0.25) is 0 Å². The first-order chi connectivity index (χ1) is 7.25. The average molecular weight is 224 g/mol. The largest absolute Gasteiger partial charge is 0.319 e. The Labute approximate surface area is 89.7 Å². The molecule has 2 heterocycles. The van der Waals surface area contributed by atoms with Crippen LogP contribution in [0.25, 0.3) is 0 Å². The molecule has 0 aliphatic heterocycles. The van der Waals surface area contributed by atoms with Gasteiger partial charge in [0.25, 0.3) is 5.91 Å². The number of H-pyrrole nitrogens is 1. The van der Waals surface area contributed by atoms with Gasteiger partial charge in [0.1, 0.15) is 5.15 Å². The molecule has 2 rings (SSSR count). The lowest BCUT2D eigenvalue weighted by Crippen LogP contribution is -2.12. The highest BCUT2D eigenvalue weighted by Gasteiger charge is 2.08. The summed E-state index contributed by atoms with van der Waals surface area (Å²) in [6.45, 7) is 0. The summed E-state index contributed by atoms with van der Waals surface area (Å²) in [7, 11) is 0. The molecule has 0 saturated heterocycles. The smallest absolute Gasteiger partial charge is 0.277 e. The maximum absolute atomic E-state index is 11.5. The molecule has 1 amide bonds. The van der Waals surface area contributed by atoms with Crippen LogP contribution in [0.4, 0.5) is 5.69 Å². The number of pyridine rings is 1. The van der Waals surface area contributed by atoms with Crippen molar-refractivity contribution >= 4 is 23.2 Å². The first-order valence-corrected chi connectivity index (χ1v) is 4.42. The quantitative estimate of drug-likeness (QED) is 0.747. The lowest BCUT2D eigenvalue weighted by atomic mass is 10.4. The van der Waals surface area contributed by atoms with Crippen LogP contribution >= 0.6 is 11.6 Å². The van der Waals surface area contributed by atoms with Gasteiger partial charge in [-0.15, -0.1) is 0 Å². The summed E-state index contributed by atoms with van der Waals surface area (Å²) in [5, 5.41) is 12.5. The summed E-state index contributed by atoms with van der Waals surface area (Å²) >= 11 is 5.60. The fourth-order valence-electron chi connectivity index (χ4n) is 0.956. The summed E-state index contributed by atoms with van der Waals surface area (Å²) in [6, 6.07) is 3.23. The second-order valence-corrected chi connectivity index (χ2v) is 3.07. The molecular formula is C8H6ClN5O. The van der Waals surface area contributed by atoms with Gasteiger partial charge in [-0.3, -0.25) is 4.79 Å². The Balaban J connectivity index is 2.09. The number of anilines is 1. The highest BCUT2D eigenvalue weighted by Crippen LogP contribution is 2.10. The van der Waals surface area contributed by atoms with Crippen LogP contribution in [0.1, 0.15) is 10.5 Å². The number of carbonyl (C=O) groups is 1. The Morgan fingerprint density at radius 2 is 2.27 bits per heavy atom. The fourth-order valence-corrected chi connectivity index (χ4v) is 1.07. The Morgan fingerprint density at radius 1 is 1.40 bits per heavy atom. The molecule has 6 nitrogen and oxygen atoms in total. The number of rotatable bonds is 2. The van der Waals surface area contributed by atoms with E-state index in [1.807, 2.05) is 0 Å². The van der Waals surface area contributed by atoms with Crippen molar-refractivity contribution in [1.82, 2.24) is 20.4 Å². The van der Waals surface area contributed by atoms with Gasteiger partial charge >= 0.3 is 0 Å². The van der Waals surface area contributed by atoms with E-state index >= 15 is 0 Å². The van der Waals surface area contributed by atoms with Crippen molar-refractivity contribution in [1.29, 1.82) is 0 Å². The second-order valence-electron chi connectivity index (χ2n) is 2.68. The number of nitrogens with one attached hydrogen (secondary N) is 2. The van der Waals surface area contributed by atoms with E-state index in [-0.39, 0.29) is 11.6 Å². The van der Waals surface area contributed by atoms with Crippen molar-refractivity contribution in [2.45, 2.75) is 0 Å². The Bertz CT molecular complexity index is 452. The zero-order chi connectivity index (χ0) is 10.7. The van der Waals surface area contributed by atoms with Crippen molar-refractivity contribution in [3.05, 3.63) is 35.4 Å². The molecule has 0 spiro atoms. The Kier molecular flexibility index (Phi) is 2.59. The molecule has 0 aliphatic rings. The van der Waals surface area contributed by atoms with E-state index < -0.39 is 0 Å². The van der Waals surface area contributed by atoms with Gasteiger partial charge in [0, 0.05) is 0 Å². The van der Waals surface area contributed by atoms with Crippen LogP contribution in [0.2, 0.25) is 5.15 Å². The second kappa shape index (κ2) is 4.05. The SMILES string of the molecule is O=C(Nc1ccc(Cl)nc1)c1cn[nH]n1. The van der Waals surface area contributed by atoms with Crippen LogP contribution < -0.4 is 5.32 Å². The van der Waals surface area contributed by atoms with Crippen LogP contribution in [-0.4, -0.2) is 26.3 Å². The first kappa shape index (κ1) is 9.60. The predicted octanol–water partition coefficient (Wildman–Crippen LogP) is 1.11. The van der Waals surface area contributed by atoms with Gasteiger partial charge in [-0.1, -0.05) is 11.6 Å². The minimum atomic E-state index is -0.354. The summed E-state index contributed by atoms with van der Waals surface area (Å²) in [4.78, 5) is 15.3. The van der Waals surface area contributed by atoms with Gasteiger partial charge in [0.15, 0.2) is 5.69 Å². The number of carbonyl (C=O) groups excluding carboxylic acids is 1. The third kappa shape index (κ3) is 2.29. The summed E-state index contributed by atoms with van der Waals surface area (Å²) in [6.07, 6.45) is 2.79. The highest BCUT2D eigenvalue weighted by atomic mass is 35.5. The highest BCUT2D eigenvalue weighted by molar-refractivity contribution is 6.29. The molecule has 76 valence electrons. The topological polar surface area (TPSA) is 83.6 Å². The molecule has 2 N–H and O–H groups in total. The molecule has 0 radical (unpaired) electrons. The third-order valence-electron chi connectivity index (χ3n) is 1.63. The van der Waals surface area contributed by atoms with Crippen LogP contribution in [-0.2, 0) is 0 Å². The van der Waals surface area contributed by atoms with Gasteiger partial charge in [0.05, 0.1) is 18.1 Å². The number of nitrogens with zero attached hydrogens (tertiary/aromatic N) is 3. The van der Waals surface area contributed by atoms with E-state index in [9.17, 15) is 4.79 Å². The number of amides is 1. The zero-order valence-electron chi connectivity index (χ0n) is 7.44. The van der Waals surface area contributed by atoms with Crippen LogP contribution in [0.5, 0.6) is 0 Å². The van der Waals surface area contributed by atoms with E-state index in [1.165, 1.54) is 12.4 Å². The number of hydrogen-bond acceptors (Lipinski definition) is 4. The normalized spacial score (nSPS) is 9.93. The van der Waals surface area contributed by atoms with Gasteiger partial charge in [-0.05, 0) is 12.1 Å². The molecular weight excluding hydrogens is 218 g/mol. The lowest BCUT2D eigenvalue weighted by molar-refractivity contribution is 0.102. The van der Waals surface area contributed by atoms with Crippen LogP contribution in [0.15, 0.2) is 24.5 Å². The lowest BCUT2D eigenvalue weighted by Gasteiger charge is -2.01. The van der Waals surface area contributed by atoms with E-state index in [2.05, 4.69) is 25.7 Å². The Morgan fingerprint density at radius 3 is 2.87 bits per heavy atom. The van der Waals surface area contributed by atoms with E-state index in [0.717, 1.165) is 0 Å². The molecule has 0 unspecified atom stereocenters. The molecule has 7 heteroatoms. The van der Waals surface area contributed by atoms with Crippen molar-refractivity contribution in [3.63, 3.8) is 0 Å². The van der Waals surface area contributed by atoms with Crippen molar-refractivity contribution in [2.24, 2.45) is 0 Å². The maximum Gasteiger partial charge on any atom is 0.277 e. The molecule has 15 heavy (non-hydrogen) atoms. The van der Waals surface area contributed by atoms with E-state index in [1.54, 1.807) is 12.1 Å². The molecule has 0 aromatic carbocycles. The minimum Gasteiger partial charge on any atom is -0.319 e. The van der Waals surface area contributed by atoms with Crippen LogP contribution in [0, 0.1) is 0 Å². The molecule has 0 bridgehead atoms. The minimum absolute atomic E-state index is 0.213. The van der Waals surface area contributed by atoms with Gasteiger partial charge in [-0.25, -0.2) is 4.98 Å². The summed E-state index contributed by atoms with van der Waals surface area (Å²) in [5.74, 6) is -0.354. The zero-order valence-corrected chi connectivity index (χ0v) is 8.19. The van der Waals surface area contributed by atoms with Crippen molar-refractivity contribution in [3.8, 4) is 0 Å². The molecule has 2 aromatic heterocycles. The maximum atomic E-state index is 11.5. The number of aromatic amines is 1. The standard InChI is InChI=1S/C8H6ClN5O/c9-7-2-1-5(3-10-7)12-8(15)6-4-11-14-13-6/h1-4H,(H,12,15)(H,11,13,14). The molecule has 2 aromatic rings. The monoisotopic (exact) mass is 223 g/mol. The predicted molar refractivity (Wildman–Crippen MR) is 53.6 cm³/mol. The van der Waals surface area contributed by atoms with E-state index in [4.69, 9.17) is 11.6 Å². The molecule has 0 aliphatic carbocycles. The number of aromatic nitrogens is 4. The third-order valence-corrected chi connectivity index (χ3v) is 1.86. The molecule has 0 saturated carbocycles. The molecule has 0 fully saturated rings. The van der Waals surface area contributed by atoms with E-state index in [0.29, 0.717) is 10.8 Å². The van der Waals surface area contributed by atoms with Gasteiger partial charge in [-0.2, -0.15) is 15.4 Å². The fraction of sp³-hybridized carbons (Fsp3) is 0.